The van der Waals surface area contributed by atoms with Gasteiger partial charge in [-0.3, -0.25) is 0 Å². The Labute approximate surface area is 160 Å². The summed E-state index contributed by atoms with van der Waals surface area (Å²) in [5.41, 5.74) is 5.91. The van der Waals surface area contributed by atoms with Crippen LogP contribution in [0, 0.1) is 6.92 Å². The van der Waals surface area contributed by atoms with Gasteiger partial charge in [0, 0.05) is 22.8 Å². The first-order valence-electron chi connectivity index (χ1n) is 8.94. The number of hydrogen-bond acceptors (Lipinski definition) is 2. The van der Waals surface area contributed by atoms with Crippen molar-refractivity contribution < 1.29 is 4.74 Å². The molecule has 2 nitrogen and oxygen atoms in total. The third-order valence-electron chi connectivity index (χ3n) is 4.41. The summed E-state index contributed by atoms with van der Waals surface area (Å²) >= 11 is 6.21. The largest absolute Gasteiger partial charge is 0.489 e. The summed E-state index contributed by atoms with van der Waals surface area (Å²) in [5, 5.41) is 4.23. The third-order valence-corrected chi connectivity index (χ3v) is 4.64. The molecule has 26 heavy (non-hydrogen) atoms. The number of nitrogens with one attached hydrogen (secondary N) is 1. The van der Waals surface area contributed by atoms with E-state index in [1.807, 2.05) is 24.3 Å². The van der Waals surface area contributed by atoms with Crippen LogP contribution in [-0.4, -0.2) is 0 Å². The normalized spacial score (nSPS) is 10.6. The highest BCUT2D eigenvalue weighted by molar-refractivity contribution is 6.30. The van der Waals surface area contributed by atoms with Gasteiger partial charge in [-0.15, -0.1) is 0 Å². The quantitative estimate of drug-likeness (QED) is 0.522. The van der Waals surface area contributed by atoms with E-state index in [0.29, 0.717) is 18.2 Å². The Hall–Kier alpha value is -2.45. The number of rotatable bonds is 7. The summed E-state index contributed by atoms with van der Waals surface area (Å²) < 4.78 is 6.06. The topological polar surface area (TPSA) is 21.3 Å². The van der Waals surface area contributed by atoms with Crippen LogP contribution >= 0.6 is 11.6 Å². The van der Waals surface area contributed by atoms with Gasteiger partial charge in [-0.25, -0.2) is 0 Å². The highest BCUT2D eigenvalue weighted by Crippen LogP contribution is 2.26. The fourth-order valence-corrected chi connectivity index (χ4v) is 3.06. The molecule has 0 heterocycles. The van der Waals surface area contributed by atoms with E-state index in [1.165, 1.54) is 11.1 Å². The number of hydrogen-bond donors (Lipinski definition) is 1. The molecule has 0 fully saturated rings. The third kappa shape index (κ3) is 4.80. The molecule has 0 radical (unpaired) electrons. The molecule has 0 aliphatic carbocycles. The van der Waals surface area contributed by atoms with Gasteiger partial charge in [0.05, 0.1) is 0 Å². The van der Waals surface area contributed by atoms with Crippen LogP contribution in [0.1, 0.15) is 29.2 Å². The van der Waals surface area contributed by atoms with Crippen LogP contribution in [0.3, 0.4) is 0 Å². The fourth-order valence-electron chi connectivity index (χ4n) is 2.86. The lowest BCUT2D eigenvalue weighted by Crippen LogP contribution is -2.05. The summed E-state index contributed by atoms with van der Waals surface area (Å²) in [4.78, 5) is 0. The minimum absolute atomic E-state index is 0.542. The Kier molecular flexibility index (Phi) is 6.19. The van der Waals surface area contributed by atoms with Crippen LogP contribution in [0.25, 0.3) is 0 Å². The standard InChI is InChI=1S/C23H24ClNO/c1-3-19-6-4-5-7-22(19)25-15-20-14-21(24)12-13-23(20)26-16-18-10-8-17(2)9-11-18/h4-14,25H,3,15-16H2,1-2H3. The molecule has 3 heteroatoms. The van der Waals surface area contributed by atoms with Crippen molar-refractivity contribution >= 4 is 17.3 Å². The predicted octanol–water partition coefficient (Wildman–Crippen LogP) is 6.40. The molecule has 134 valence electrons. The van der Waals surface area contributed by atoms with Crippen LogP contribution in [0.5, 0.6) is 5.75 Å². The first-order valence-corrected chi connectivity index (χ1v) is 9.32. The van der Waals surface area contributed by atoms with Crippen LogP contribution in [-0.2, 0) is 19.6 Å². The van der Waals surface area contributed by atoms with E-state index < -0.39 is 0 Å². The van der Waals surface area contributed by atoms with Gasteiger partial charge < -0.3 is 10.1 Å². The second-order valence-corrected chi connectivity index (χ2v) is 6.83. The van der Waals surface area contributed by atoms with E-state index in [4.69, 9.17) is 16.3 Å². The van der Waals surface area contributed by atoms with Gasteiger partial charge in [-0.1, -0.05) is 66.6 Å². The lowest BCUT2D eigenvalue weighted by molar-refractivity contribution is 0.303. The molecule has 0 saturated heterocycles. The molecule has 0 aliphatic heterocycles. The van der Waals surface area contributed by atoms with Crippen LogP contribution in [0.15, 0.2) is 66.7 Å². The predicted molar refractivity (Wildman–Crippen MR) is 110 cm³/mol. The molecule has 0 atom stereocenters. The SMILES string of the molecule is CCc1ccccc1NCc1cc(Cl)ccc1OCc1ccc(C)cc1. The zero-order valence-electron chi connectivity index (χ0n) is 15.3. The zero-order valence-corrected chi connectivity index (χ0v) is 16.0. The molecule has 0 aromatic heterocycles. The average Bonchev–Trinajstić information content (AvgIpc) is 2.67. The van der Waals surface area contributed by atoms with Crippen LogP contribution < -0.4 is 10.1 Å². The Morgan fingerprint density at radius 3 is 2.46 bits per heavy atom. The smallest absolute Gasteiger partial charge is 0.124 e. The number of benzene rings is 3. The summed E-state index contributed by atoms with van der Waals surface area (Å²) in [5.74, 6) is 0.858. The van der Waals surface area contributed by atoms with Gasteiger partial charge in [0.25, 0.3) is 0 Å². The minimum Gasteiger partial charge on any atom is -0.489 e. The lowest BCUT2D eigenvalue weighted by Gasteiger charge is -2.15. The monoisotopic (exact) mass is 365 g/mol. The van der Waals surface area contributed by atoms with Crippen molar-refractivity contribution in [3.05, 3.63) is 94.0 Å². The van der Waals surface area contributed by atoms with Crippen LogP contribution in [0.4, 0.5) is 5.69 Å². The molecule has 3 aromatic rings. The average molecular weight is 366 g/mol. The van der Waals surface area contributed by atoms with Crippen LogP contribution in [0.2, 0.25) is 5.02 Å². The molecule has 0 aliphatic rings. The Morgan fingerprint density at radius 2 is 1.69 bits per heavy atom. The van der Waals surface area contributed by atoms with Crippen molar-refractivity contribution in [1.82, 2.24) is 0 Å². The number of aryl methyl sites for hydroxylation is 2. The van der Waals surface area contributed by atoms with Gasteiger partial charge in [0.1, 0.15) is 12.4 Å². The Morgan fingerprint density at radius 1 is 0.923 bits per heavy atom. The Balaban J connectivity index is 1.72. The number of anilines is 1. The molecule has 3 aromatic carbocycles. The van der Waals surface area contributed by atoms with Crippen molar-refractivity contribution in [1.29, 1.82) is 0 Å². The maximum atomic E-state index is 6.21. The van der Waals surface area contributed by atoms with Gasteiger partial charge in [0.15, 0.2) is 0 Å². The lowest BCUT2D eigenvalue weighted by atomic mass is 10.1. The molecule has 0 bridgehead atoms. The van der Waals surface area contributed by atoms with Gasteiger partial charge >= 0.3 is 0 Å². The molecule has 0 saturated carbocycles. The molecule has 3 rings (SSSR count). The Bertz CT molecular complexity index is 858. The van der Waals surface area contributed by atoms with E-state index in [-0.39, 0.29) is 0 Å². The molecular formula is C23H24ClNO. The van der Waals surface area contributed by atoms with Crippen molar-refractivity contribution in [2.45, 2.75) is 33.4 Å². The second-order valence-electron chi connectivity index (χ2n) is 6.39. The maximum Gasteiger partial charge on any atom is 0.124 e. The molecule has 1 N–H and O–H groups in total. The van der Waals surface area contributed by atoms with E-state index in [1.54, 1.807) is 0 Å². The molecular weight excluding hydrogens is 342 g/mol. The van der Waals surface area contributed by atoms with E-state index in [0.717, 1.165) is 29.0 Å². The van der Waals surface area contributed by atoms with Crippen molar-refractivity contribution in [3.8, 4) is 5.75 Å². The fraction of sp³-hybridized carbons (Fsp3) is 0.217. The highest BCUT2D eigenvalue weighted by atomic mass is 35.5. The second kappa shape index (κ2) is 8.77. The minimum atomic E-state index is 0.542. The van der Waals surface area contributed by atoms with E-state index >= 15 is 0 Å². The molecule has 0 unspecified atom stereocenters. The summed E-state index contributed by atoms with van der Waals surface area (Å²) in [7, 11) is 0. The highest BCUT2D eigenvalue weighted by Gasteiger charge is 2.07. The van der Waals surface area contributed by atoms with E-state index in [2.05, 4.69) is 61.6 Å². The summed E-state index contributed by atoms with van der Waals surface area (Å²) in [6.45, 7) is 5.46. The molecule has 0 spiro atoms. The number of para-hydroxylation sites is 1. The number of halogens is 1. The van der Waals surface area contributed by atoms with Crippen molar-refractivity contribution in [2.75, 3.05) is 5.32 Å². The van der Waals surface area contributed by atoms with E-state index in [9.17, 15) is 0 Å². The summed E-state index contributed by atoms with van der Waals surface area (Å²) in [6, 6.07) is 22.6. The van der Waals surface area contributed by atoms with Gasteiger partial charge in [-0.05, 0) is 48.7 Å². The van der Waals surface area contributed by atoms with Gasteiger partial charge in [0.2, 0.25) is 0 Å². The van der Waals surface area contributed by atoms with Crippen molar-refractivity contribution in [2.24, 2.45) is 0 Å². The molecule has 0 amide bonds. The first kappa shape index (κ1) is 18.3. The van der Waals surface area contributed by atoms with Crippen molar-refractivity contribution in [3.63, 3.8) is 0 Å². The van der Waals surface area contributed by atoms with Gasteiger partial charge in [-0.2, -0.15) is 0 Å². The maximum absolute atomic E-state index is 6.21. The summed E-state index contributed by atoms with van der Waals surface area (Å²) in [6.07, 6.45) is 0.996. The number of ether oxygens (including phenoxy) is 1. The zero-order chi connectivity index (χ0) is 18.4. The first-order chi connectivity index (χ1) is 12.7.